The number of anilines is 3. The minimum absolute atomic E-state index is 0.00472. The van der Waals surface area contributed by atoms with Gasteiger partial charge in [-0.3, -0.25) is 9.78 Å². The maximum absolute atomic E-state index is 14.7. The van der Waals surface area contributed by atoms with Crippen molar-refractivity contribution in [3.8, 4) is 0 Å². The first-order valence-corrected chi connectivity index (χ1v) is 10.5. The summed E-state index contributed by atoms with van der Waals surface area (Å²) in [6, 6.07) is 3.36. The minimum Gasteiger partial charge on any atom is -0.365 e. The van der Waals surface area contributed by atoms with Crippen LogP contribution in [0.3, 0.4) is 0 Å². The first kappa shape index (κ1) is 19.5. The number of aromatic nitrogens is 2. The van der Waals surface area contributed by atoms with Gasteiger partial charge in [0.05, 0.1) is 11.3 Å². The van der Waals surface area contributed by atoms with E-state index in [0.29, 0.717) is 0 Å². The van der Waals surface area contributed by atoms with Crippen LogP contribution >= 0.6 is 11.3 Å². The lowest BCUT2D eigenvalue weighted by molar-refractivity contribution is 0.100. The van der Waals surface area contributed by atoms with E-state index in [2.05, 4.69) is 25.9 Å². The van der Waals surface area contributed by atoms with Crippen molar-refractivity contribution in [2.24, 2.45) is 5.73 Å². The van der Waals surface area contributed by atoms with E-state index >= 15 is 0 Å². The van der Waals surface area contributed by atoms with Crippen molar-refractivity contribution < 1.29 is 9.18 Å². The molecule has 5 N–H and O–H groups in total. The Morgan fingerprint density at radius 1 is 1.28 bits per heavy atom. The molecule has 1 saturated carbocycles. The second-order valence-electron chi connectivity index (χ2n) is 7.16. The third kappa shape index (κ3) is 4.01. The molecule has 29 heavy (non-hydrogen) atoms. The summed E-state index contributed by atoms with van der Waals surface area (Å²) in [6.07, 6.45) is 7.63. The number of nitrogens with two attached hydrogens (primary N) is 1. The Bertz CT molecular complexity index is 1040. The van der Waals surface area contributed by atoms with Crippen molar-refractivity contribution in [2.45, 2.75) is 37.8 Å². The number of nitrogens with one attached hydrogen (secondary N) is 3. The number of likely N-dealkylation sites (N-methyl/N-ethyl adjacent to an activating group) is 1. The number of carbonyl (C=O) groups excluding carboxylic acids is 1. The van der Waals surface area contributed by atoms with E-state index in [9.17, 15) is 9.18 Å². The maximum Gasteiger partial charge on any atom is 0.252 e. The Kier molecular flexibility index (Phi) is 5.59. The molecule has 9 heteroatoms. The number of halogens is 1. The summed E-state index contributed by atoms with van der Waals surface area (Å²) in [6.45, 7) is 0. The highest BCUT2D eigenvalue weighted by Gasteiger charge is 2.26. The number of hydrogen-bond donors (Lipinski definition) is 4. The molecule has 3 heterocycles. The van der Waals surface area contributed by atoms with Crippen LogP contribution in [0.1, 0.15) is 36.0 Å². The number of fused-ring (bicyclic) bond motifs is 1. The number of nitrogens with zero attached hydrogens (tertiary/aromatic N) is 2. The van der Waals surface area contributed by atoms with E-state index in [0.717, 1.165) is 47.5 Å². The van der Waals surface area contributed by atoms with Crippen LogP contribution in [0.5, 0.6) is 0 Å². The van der Waals surface area contributed by atoms with Crippen LogP contribution < -0.4 is 21.7 Å². The molecule has 0 radical (unpaired) electrons. The molecule has 0 spiro atoms. The van der Waals surface area contributed by atoms with E-state index in [1.807, 2.05) is 18.5 Å². The van der Waals surface area contributed by atoms with Gasteiger partial charge in [-0.1, -0.05) is 12.8 Å². The highest BCUT2D eigenvalue weighted by Crippen LogP contribution is 2.33. The highest BCUT2D eigenvalue weighted by atomic mass is 32.1. The standard InChI is InChI=1S/C20H23FN6OS/c1-23-14-4-2-3-5-15(14)25-20-13(21)8-11(18(22)28)19(27-20)26-16-10-29-17-6-7-24-9-12(16)17/h6-10,14-15,23H,2-5H2,1H3,(H2,22,28)(H2,25,26,27)/t14?,15-/m1/s1. The molecule has 1 unspecified atom stereocenters. The lowest BCUT2D eigenvalue weighted by atomic mass is 9.90. The summed E-state index contributed by atoms with van der Waals surface area (Å²) >= 11 is 1.54. The van der Waals surface area contributed by atoms with E-state index in [4.69, 9.17) is 5.73 Å². The van der Waals surface area contributed by atoms with Crippen molar-refractivity contribution in [3.63, 3.8) is 0 Å². The topological polar surface area (TPSA) is 105 Å². The van der Waals surface area contributed by atoms with Gasteiger partial charge in [0.1, 0.15) is 5.82 Å². The fourth-order valence-corrected chi connectivity index (χ4v) is 4.65. The molecule has 1 aliphatic rings. The summed E-state index contributed by atoms with van der Waals surface area (Å²) in [7, 11) is 1.91. The van der Waals surface area contributed by atoms with Gasteiger partial charge in [0.15, 0.2) is 11.6 Å². The van der Waals surface area contributed by atoms with E-state index in [1.165, 1.54) is 0 Å². The Balaban J connectivity index is 1.68. The molecule has 0 aliphatic heterocycles. The van der Waals surface area contributed by atoms with Gasteiger partial charge >= 0.3 is 0 Å². The quantitative estimate of drug-likeness (QED) is 0.491. The van der Waals surface area contributed by atoms with Crippen LogP contribution in [0.25, 0.3) is 10.1 Å². The van der Waals surface area contributed by atoms with Crippen molar-refractivity contribution in [1.82, 2.24) is 15.3 Å². The molecule has 4 rings (SSSR count). The molecule has 0 bridgehead atoms. The molecular formula is C20H23FN6OS. The van der Waals surface area contributed by atoms with Crippen LogP contribution in [0.4, 0.5) is 21.7 Å². The number of carbonyl (C=O) groups is 1. The van der Waals surface area contributed by atoms with Crippen LogP contribution in [-0.4, -0.2) is 35.0 Å². The Morgan fingerprint density at radius 2 is 2.07 bits per heavy atom. The third-order valence-electron chi connectivity index (χ3n) is 5.33. The average Bonchev–Trinajstić information content (AvgIpc) is 3.13. The second-order valence-corrected chi connectivity index (χ2v) is 8.07. The lowest BCUT2D eigenvalue weighted by Crippen LogP contribution is -2.45. The third-order valence-corrected chi connectivity index (χ3v) is 6.29. The van der Waals surface area contributed by atoms with Gasteiger partial charge in [-0.15, -0.1) is 11.3 Å². The fourth-order valence-electron chi connectivity index (χ4n) is 3.79. The first-order chi connectivity index (χ1) is 14.1. The van der Waals surface area contributed by atoms with Gasteiger partial charge in [-0.2, -0.15) is 0 Å². The van der Waals surface area contributed by atoms with Gasteiger partial charge < -0.3 is 21.7 Å². The summed E-state index contributed by atoms with van der Waals surface area (Å²) in [5, 5.41) is 12.5. The molecule has 0 saturated heterocycles. The smallest absolute Gasteiger partial charge is 0.252 e. The van der Waals surface area contributed by atoms with Gasteiger partial charge in [-0.25, -0.2) is 9.37 Å². The molecule has 0 aromatic carbocycles. The predicted octanol–water partition coefficient (Wildman–Crippen LogP) is 3.62. The van der Waals surface area contributed by atoms with Crippen molar-refractivity contribution in [2.75, 3.05) is 17.7 Å². The Morgan fingerprint density at radius 3 is 2.83 bits per heavy atom. The van der Waals surface area contributed by atoms with Crippen molar-refractivity contribution in [3.05, 3.63) is 41.3 Å². The Hall–Kier alpha value is -2.78. The molecule has 1 aliphatic carbocycles. The number of thiophene rings is 1. The van der Waals surface area contributed by atoms with Gasteiger partial charge in [0.25, 0.3) is 5.91 Å². The summed E-state index contributed by atoms with van der Waals surface area (Å²) in [5.41, 5.74) is 6.23. The zero-order chi connectivity index (χ0) is 20.4. The monoisotopic (exact) mass is 414 g/mol. The SMILES string of the molecule is CNC1CCCC[C@H]1Nc1nc(Nc2csc3ccncc23)c(C(N)=O)cc1F. The molecular weight excluding hydrogens is 391 g/mol. The van der Waals surface area contributed by atoms with Crippen LogP contribution in [0.2, 0.25) is 0 Å². The molecule has 2 atom stereocenters. The lowest BCUT2D eigenvalue weighted by Gasteiger charge is -2.32. The van der Waals surface area contributed by atoms with Gasteiger partial charge in [0, 0.05) is 39.9 Å². The largest absolute Gasteiger partial charge is 0.365 e. The van der Waals surface area contributed by atoms with Crippen LogP contribution in [0.15, 0.2) is 29.9 Å². The van der Waals surface area contributed by atoms with Gasteiger partial charge in [0.2, 0.25) is 0 Å². The number of rotatable bonds is 6. The zero-order valence-corrected chi connectivity index (χ0v) is 16.9. The molecule has 1 amide bonds. The Labute approximate surface area is 171 Å². The normalized spacial score (nSPS) is 19.2. The number of amides is 1. The van der Waals surface area contributed by atoms with Gasteiger partial charge in [-0.05, 0) is 32.0 Å². The minimum atomic E-state index is -0.742. The molecule has 152 valence electrons. The van der Waals surface area contributed by atoms with Crippen molar-refractivity contribution in [1.29, 1.82) is 0 Å². The summed E-state index contributed by atoms with van der Waals surface area (Å²) < 4.78 is 15.8. The summed E-state index contributed by atoms with van der Waals surface area (Å²) in [4.78, 5) is 20.4. The number of pyridine rings is 2. The van der Waals surface area contributed by atoms with E-state index in [1.54, 1.807) is 23.7 Å². The number of hydrogen-bond acceptors (Lipinski definition) is 7. The summed E-state index contributed by atoms with van der Waals surface area (Å²) in [5.74, 6) is -1.00. The van der Waals surface area contributed by atoms with Crippen molar-refractivity contribution >= 4 is 44.7 Å². The highest BCUT2D eigenvalue weighted by molar-refractivity contribution is 7.17. The molecule has 7 nitrogen and oxygen atoms in total. The van der Waals surface area contributed by atoms with Crippen LogP contribution in [0, 0.1) is 5.82 Å². The molecule has 3 aromatic rings. The molecule has 3 aromatic heterocycles. The number of primary amides is 1. The maximum atomic E-state index is 14.7. The average molecular weight is 415 g/mol. The second kappa shape index (κ2) is 8.30. The predicted molar refractivity (Wildman–Crippen MR) is 114 cm³/mol. The van der Waals surface area contributed by atoms with E-state index < -0.39 is 11.7 Å². The van der Waals surface area contributed by atoms with E-state index in [-0.39, 0.29) is 29.3 Å². The fraction of sp³-hybridized carbons (Fsp3) is 0.350. The zero-order valence-electron chi connectivity index (χ0n) is 16.0. The first-order valence-electron chi connectivity index (χ1n) is 9.59. The van der Waals surface area contributed by atoms with Crippen LogP contribution in [-0.2, 0) is 0 Å². The molecule has 1 fully saturated rings.